The molecule has 3 saturated heterocycles. The maximum atomic E-state index is 10.8. The van der Waals surface area contributed by atoms with E-state index < -0.39 is 105 Å². The van der Waals surface area contributed by atoms with Gasteiger partial charge in [-0.3, -0.25) is 0 Å². The van der Waals surface area contributed by atoms with Crippen LogP contribution < -0.4 is 0 Å². The lowest BCUT2D eigenvalue weighted by Crippen LogP contribution is -2.64. The van der Waals surface area contributed by atoms with E-state index >= 15 is 0 Å². The van der Waals surface area contributed by atoms with Gasteiger partial charge in [0.1, 0.15) is 54.9 Å². The van der Waals surface area contributed by atoms with Crippen LogP contribution in [-0.4, -0.2) is 152 Å². The van der Waals surface area contributed by atoms with Crippen molar-refractivity contribution in [1.82, 2.24) is 0 Å². The van der Waals surface area contributed by atoms with Gasteiger partial charge in [-0.1, -0.05) is 6.92 Å². The van der Waals surface area contributed by atoms with Crippen LogP contribution in [0.2, 0.25) is 0 Å². The Morgan fingerprint density at radius 1 is 0.588 bits per heavy atom. The summed E-state index contributed by atoms with van der Waals surface area (Å²) in [5, 5.41) is 90.5. The highest BCUT2D eigenvalue weighted by Gasteiger charge is 2.50. The first-order valence-corrected chi connectivity index (χ1v) is 11.2. The third-order valence-corrected chi connectivity index (χ3v) is 6.73. The van der Waals surface area contributed by atoms with Crippen molar-refractivity contribution in [1.29, 1.82) is 0 Å². The smallest absolute Gasteiger partial charge is 0.187 e. The van der Waals surface area contributed by atoms with Gasteiger partial charge >= 0.3 is 0 Å². The quantitative estimate of drug-likeness (QED) is 0.159. The molecular formula is C20H36O14. The Labute approximate surface area is 195 Å². The summed E-state index contributed by atoms with van der Waals surface area (Å²) in [6, 6.07) is 0. The van der Waals surface area contributed by atoms with E-state index in [0.717, 1.165) is 0 Å². The van der Waals surface area contributed by atoms with Crippen LogP contribution in [0.4, 0.5) is 0 Å². The second-order valence-electron chi connectivity index (χ2n) is 9.06. The van der Waals surface area contributed by atoms with Crippen LogP contribution in [0.15, 0.2) is 0 Å². The molecule has 15 atom stereocenters. The lowest BCUT2D eigenvalue weighted by molar-refractivity contribution is -0.345. The van der Waals surface area contributed by atoms with Crippen LogP contribution >= 0.6 is 0 Å². The van der Waals surface area contributed by atoms with E-state index in [1.165, 1.54) is 6.92 Å². The van der Waals surface area contributed by atoms with Crippen LogP contribution in [0.5, 0.6) is 0 Å². The predicted octanol–water partition coefficient (Wildman–Crippen LogP) is -5.23. The van der Waals surface area contributed by atoms with Gasteiger partial charge in [0.25, 0.3) is 0 Å². The van der Waals surface area contributed by atoms with E-state index in [2.05, 4.69) is 0 Å². The van der Waals surface area contributed by atoms with Gasteiger partial charge in [0, 0.05) is 5.92 Å². The molecule has 14 heteroatoms. The van der Waals surface area contributed by atoms with Crippen molar-refractivity contribution in [3.05, 3.63) is 0 Å². The Kier molecular flexibility index (Phi) is 9.61. The molecule has 9 N–H and O–H groups in total. The van der Waals surface area contributed by atoms with Crippen LogP contribution in [-0.2, 0) is 23.7 Å². The minimum absolute atomic E-state index is 0.367. The summed E-state index contributed by atoms with van der Waals surface area (Å²) >= 11 is 0. The first-order valence-electron chi connectivity index (χ1n) is 11.2. The Morgan fingerprint density at radius 3 is 1.79 bits per heavy atom. The molecule has 3 rings (SSSR count). The van der Waals surface area contributed by atoms with Gasteiger partial charge in [-0.05, 0) is 6.92 Å². The minimum Gasteiger partial charge on any atom is -0.394 e. The number of aliphatic hydroxyl groups excluding tert-OH is 9. The first-order chi connectivity index (χ1) is 16.0. The fourth-order valence-corrected chi connectivity index (χ4v) is 4.36. The average Bonchev–Trinajstić information content (AvgIpc) is 2.82. The van der Waals surface area contributed by atoms with E-state index in [1.807, 2.05) is 0 Å². The molecular weight excluding hydrogens is 464 g/mol. The molecule has 0 saturated carbocycles. The molecule has 3 fully saturated rings. The molecule has 0 bridgehead atoms. The summed E-state index contributed by atoms with van der Waals surface area (Å²) in [6.45, 7) is 1.63. The number of ether oxygens (including phenoxy) is 5. The number of rotatable bonds is 7. The van der Waals surface area contributed by atoms with E-state index in [0.29, 0.717) is 0 Å². The molecule has 3 aliphatic heterocycles. The molecule has 0 aliphatic carbocycles. The van der Waals surface area contributed by atoms with Crippen molar-refractivity contribution in [2.45, 2.75) is 99.7 Å². The molecule has 200 valence electrons. The Hall–Kier alpha value is -0.560. The fraction of sp³-hybridized carbons (Fsp3) is 1.00. The zero-order chi connectivity index (χ0) is 25.3. The van der Waals surface area contributed by atoms with Gasteiger partial charge < -0.3 is 69.6 Å². The van der Waals surface area contributed by atoms with Gasteiger partial charge in [-0.15, -0.1) is 0 Å². The van der Waals surface area contributed by atoms with Crippen molar-refractivity contribution in [2.75, 3.05) is 19.8 Å². The average molecular weight is 500 g/mol. The highest BCUT2D eigenvalue weighted by atomic mass is 16.7. The summed E-state index contributed by atoms with van der Waals surface area (Å²) in [5.74, 6) is -0.553. The molecule has 0 radical (unpaired) electrons. The SMILES string of the molecule is C[C@@H]1C(CO)O[C@H](OCC2O[C@@H](C)[C@H](O)C(O[C@H]3O[C@H](CO)[C@@H](O)C(O)C3O)[C@@H]2O)[C@H](O)C1O. The Morgan fingerprint density at radius 2 is 1.18 bits per heavy atom. The van der Waals surface area contributed by atoms with E-state index in [4.69, 9.17) is 23.7 Å². The lowest BCUT2D eigenvalue weighted by Gasteiger charge is -2.46. The molecule has 14 nitrogen and oxygen atoms in total. The highest BCUT2D eigenvalue weighted by molar-refractivity contribution is 4.95. The normalized spacial score (nSPS) is 52.5. The van der Waals surface area contributed by atoms with Crippen LogP contribution in [0.1, 0.15) is 13.8 Å². The molecule has 34 heavy (non-hydrogen) atoms. The molecule has 3 aliphatic rings. The summed E-state index contributed by atoms with van der Waals surface area (Å²) in [5.41, 5.74) is 0. The predicted molar refractivity (Wildman–Crippen MR) is 108 cm³/mol. The third-order valence-electron chi connectivity index (χ3n) is 6.73. The zero-order valence-corrected chi connectivity index (χ0v) is 18.8. The lowest BCUT2D eigenvalue weighted by atomic mass is 9.91. The van der Waals surface area contributed by atoms with Gasteiger partial charge in [0.05, 0.1) is 38.1 Å². The molecule has 0 aromatic rings. The van der Waals surface area contributed by atoms with Crippen LogP contribution in [0, 0.1) is 5.92 Å². The van der Waals surface area contributed by atoms with Gasteiger partial charge in [0.2, 0.25) is 0 Å². The van der Waals surface area contributed by atoms with Crippen LogP contribution in [0.25, 0.3) is 0 Å². The molecule has 0 aromatic heterocycles. The highest BCUT2D eigenvalue weighted by Crippen LogP contribution is 2.31. The van der Waals surface area contributed by atoms with Crippen molar-refractivity contribution in [3.63, 3.8) is 0 Å². The molecule has 0 spiro atoms. The van der Waals surface area contributed by atoms with Gasteiger partial charge in [-0.25, -0.2) is 0 Å². The van der Waals surface area contributed by atoms with E-state index in [9.17, 15) is 46.0 Å². The minimum atomic E-state index is -1.74. The maximum absolute atomic E-state index is 10.8. The second kappa shape index (κ2) is 11.7. The van der Waals surface area contributed by atoms with E-state index in [-0.39, 0.29) is 6.61 Å². The summed E-state index contributed by atoms with van der Waals surface area (Å²) in [7, 11) is 0. The van der Waals surface area contributed by atoms with Crippen molar-refractivity contribution in [2.24, 2.45) is 5.92 Å². The monoisotopic (exact) mass is 500 g/mol. The van der Waals surface area contributed by atoms with Crippen molar-refractivity contribution in [3.8, 4) is 0 Å². The van der Waals surface area contributed by atoms with Crippen molar-refractivity contribution < 1.29 is 69.6 Å². The largest absolute Gasteiger partial charge is 0.394 e. The number of hydrogen-bond donors (Lipinski definition) is 9. The second-order valence-corrected chi connectivity index (χ2v) is 9.06. The molecule has 3 heterocycles. The van der Waals surface area contributed by atoms with Gasteiger partial charge in [0.15, 0.2) is 12.6 Å². The fourth-order valence-electron chi connectivity index (χ4n) is 4.36. The summed E-state index contributed by atoms with van der Waals surface area (Å²) in [4.78, 5) is 0. The van der Waals surface area contributed by atoms with E-state index in [1.54, 1.807) is 6.92 Å². The van der Waals surface area contributed by atoms with Gasteiger partial charge in [-0.2, -0.15) is 0 Å². The topological polar surface area (TPSA) is 228 Å². The first kappa shape index (κ1) is 28.0. The Balaban J connectivity index is 1.65. The maximum Gasteiger partial charge on any atom is 0.187 e. The third kappa shape index (κ3) is 5.55. The number of hydrogen-bond acceptors (Lipinski definition) is 14. The number of aliphatic hydroxyl groups is 9. The summed E-state index contributed by atoms with van der Waals surface area (Å²) in [6.07, 6.45) is -19.0. The van der Waals surface area contributed by atoms with Crippen molar-refractivity contribution >= 4 is 0 Å². The molecule has 6 unspecified atom stereocenters. The van der Waals surface area contributed by atoms with Crippen LogP contribution in [0.3, 0.4) is 0 Å². The standard InChI is InChI=1S/C20H36O14/c1-6-8(3-21)32-19(16(28)11(6)23)30-5-10-14(26)18(12(24)7(2)31-10)34-20-17(29)15(27)13(25)9(4-22)33-20/h6-29H,3-5H2,1-2H3/t6-,7+,8?,9-,10?,11?,12+,13-,14-,15?,16-,17?,18?,19+,20-/m1/s1. The molecule has 0 amide bonds. The zero-order valence-electron chi connectivity index (χ0n) is 18.8. The summed E-state index contributed by atoms with van der Waals surface area (Å²) < 4.78 is 27.4. The molecule has 0 aromatic carbocycles. The Bertz CT molecular complexity index is 636.